The van der Waals surface area contributed by atoms with E-state index in [2.05, 4.69) is 35.3 Å². The van der Waals surface area contributed by atoms with Crippen LogP contribution in [0.25, 0.3) is 11.1 Å². The summed E-state index contributed by atoms with van der Waals surface area (Å²) in [5.74, 6) is 1.81. The van der Waals surface area contributed by atoms with Gasteiger partial charge < -0.3 is 15.0 Å². The zero-order valence-electron chi connectivity index (χ0n) is 20.0. The number of amides is 1. The number of nitrogens with zero attached hydrogens (tertiary/aromatic N) is 3. The Morgan fingerprint density at radius 3 is 2.66 bits per heavy atom. The van der Waals surface area contributed by atoms with Crippen molar-refractivity contribution in [2.24, 2.45) is 5.92 Å². The Hall–Kier alpha value is -2.83. The van der Waals surface area contributed by atoms with Gasteiger partial charge in [0.2, 0.25) is 5.91 Å². The molecule has 1 atom stereocenters. The normalized spacial score (nSPS) is 20.5. The standard InChI is InChI=1S/C28H31ClN4O2/c1-18-6-9-23-25(33(18)28(34)19-7-8-19)11-10-22(27(23)35-26-5-3-2-4-24(26)29)20-16-31-32(17-20)21-12-14-30-15-13-21/h2-5,10-11,16-19,21,30H,6-9,12-15H2,1H3/t18-/m0/s1. The molecule has 2 aromatic carbocycles. The molecule has 0 unspecified atom stereocenters. The molecule has 1 amide bonds. The second-order valence-electron chi connectivity index (χ2n) is 10.0. The lowest BCUT2D eigenvalue weighted by molar-refractivity contribution is -0.120. The molecule has 3 aliphatic rings. The quantitative estimate of drug-likeness (QED) is 0.476. The Bertz CT molecular complexity index is 1250. The SMILES string of the molecule is C[C@H]1CCc2c(ccc(-c3cnn(C4CCNCC4)c3)c2Oc2ccccc2Cl)N1C(=O)C1CC1. The van der Waals surface area contributed by atoms with Gasteiger partial charge in [0.25, 0.3) is 0 Å². The van der Waals surface area contributed by atoms with Crippen molar-refractivity contribution in [3.05, 3.63) is 59.4 Å². The van der Waals surface area contributed by atoms with Gasteiger partial charge in [0.05, 0.1) is 22.9 Å². The van der Waals surface area contributed by atoms with Gasteiger partial charge in [-0.15, -0.1) is 0 Å². The van der Waals surface area contributed by atoms with Crippen LogP contribution in [-0.2, 0) is 11.2 Å². The van der Waals surface area contributed by atoms with Gasteiger partial charge in [-0.25, -0.2) is 0 Å². The highest BCUT2D eigenvalue weighted by molar-refractivity contribution is 6.32. The minimum Gasteiger partial charge on any atom is -0.455 e. The maximum Gasteiger partial charge on any atom is 0.230 e. The van der Waals surface area contributed by atoms with Crippen LogP contribution >= 0.6 is 11.6 Å². The molecule has 0 radical (unpaired) electrons. The first-order valence-electron chi connectivity index (χ1n) is 12.8. The number of ether oxygens (including phenoxy) is 1. The number of carbonyl (C=O) groups is 1. The van der Waals surface area contributed by atoms with Crippen LogP contribution in [0, 0.1) is 5.92 Å². The Labute approximate surface area is 211 Å². The summed E-state index contributed by atoms with van der Waals surface area (Å²) in [5, 5.41) is 8.71. The third kappa shape index (κ3) is 4.34. The number of aromatic nitrogens is 2. The number of nitrogens with one attached hydrogen (secondary N) is 1. The average Bonchev–Trinajstić information content (AvgIpc) is 3.62. The molecule has 1 N–H and O–H groups in total. The number of para-hydroxylation sites is 1. The number of carbonyl (C=O) groups excluding carboxylic acids is 1. The van der Waals surface area contributed by atoms with Crippen LogP contribution < -0.4 is 15.0 Å². The second kappa shape index (κ2) is 9.32. The number of benzene rings is 2. The van der Waals surface area contributed by atoms with Crippen molar-refractivity contribution < 1.29 is 9.53 Å². The lowest BCUT2D eigenvalue weighted by Crippen LogP contribution is -2.43. The van der Waals surface area contributed by atoms with Crippen molar-refractivity contribution in [2.75, 3.05) is 18.0 Å². The molecule has 182 valence electrons. The van der Waals surface area contributed by atoms with E-state index in [0.29, 0.717) is 16.8 Å². The van der Waals surface area contributed by atoms with Crippen molar-refractivity contribution in [2.45, 2.75) is 57.5 Å². The number of fused-ring (bicyclic) bond motifs is 1. The van der Waals surface area contributed by atoms with Crippen molar-refractivity contribution >= 4 is 23.2 Å². The van der Waals surface area contributed by atoms with Crippen molar-refractivity contribution in [3.8, 4) is 22.6 Å². The second-order valence-corrected chi connectivity index (χ2v) is 10.4. The van der Waals surface area contributed by atoms with Gasteiger partial charge in [-0.3, -0.25) is 9.48 Å². The number of hydrogen-bond donors (Lipinski definition) is 1. The minimum atomic E-state index is 0.166. The maximum absolute atomic E-state index is 13.2. The highest BCUT2D eigenvalue weighted by atomic mass is 35.5. The van der Waals surface area contributed by atoms with E-state index in [1.54, 1.807) is 0 Å². The van der Waals surface area contributed by atoms with Crippen molar-refractivity contribution in [3.63, 3.8) is 0 Å². The molecule has 0 bridgehead atoms. The van der Waals surface area contributed by atoms with Gasteiger partial charge in [-0.05, 0) is 82.8 Å². The van der Waals surface area contributed by atoms with E-state index in [9.17, 15) is 4.79 Å². The molecular formula is C28H31ClN4O2. The Kier molecular flexibility index (Phi) is 6.02. The average molecular weight is 491 g/mol. The topological polar surface area (TPSA) is 59.4 Å². The molecule has 7 heteroatoms. The third-order valence-electron chi connectivity index (χ3n) is 7.56. The molecule has 1 saturated heterocycles. The third-order valence-corrected chi connectivity index (χ3v) is 7.87. The largest absolute Gasteiger partial charge is 0.455 e. The summed E-state index contributed by atoms with van der Waals surface area (Å²) in [6.45, 7) is 4.18. The summed E-state index contributed by atoms with van der Waals surface area (Å²) >= 11 is 6.50. The van der Waals surface area contributed by atoms with Crippen LogP contribution in [0.2, 0.25) is 5.02 Å². The highest BCUT2D eigenvalue weighted by Crippen LogP contribution is 2.47. The predicted octanol–water partition coefficient (Wildman–Crippen LogP) is 6.00. The van der Waals surface area contributed by atoms with Crippen LogP contribution in [0.15, 0.2) is 48.8 Å². The van der Waals surface area contributed by atoms with E-state index in [4.69, 9.17) is 21.4 Å². The number of anilines is 1. The lowest BCUT2D eigenvalue weighted by Gasteiger charge is -2.36. The van der Waals surface area contributed by atoms with Gasteiger partial charge in [0.15, 0.2) is 0 Å². The van der Waals surface area contributed by atoms with Gasteiger partial charge >= 0.3 is 0 Å². The summed E-state index contributed by atoms with van der Waals surface area (Å²) in [4.78, 5) is 15.2. The number of halogens is 1. The van der Waals surface area contributed by atoms with Crippen LogP contribution in [0.5, 0.6) is 11.5 Å². The molecule has 3 heterocycles. The Balaban J connectivity index is 1.45. The molecule has 3 aromatic rings. The van der Waals surface area contributed by atoms with E-state index in [0.717, 1.165) is 79.7 Å². The first-order valence-corrected chi connectivity index (χ1v) is 13.1. The maximum atomic E-state index is 13.2. The summed E-state index contributed by atoms with van der Waals surface area (Å²) in [6.07, 6.45) is 9.96. The van der Waals surface area contributed by atoms with Crippen LogP contribution in [-0.4, -0.2) is 34.8 Å². The number of hydrogen-bond acceptors (Lipinski definition) is 4. The number of rotatable bonds is 5. The lowest BCUT2D eigenvalue weighted by atomic mass is 9.92. The summed E-state index contributed by atoms with van der Waals surface area (Å²) in [5.41, 5.74) is 4.05. The molecular weight excluding hydrogens is 460 g/mol. The number of piperidine rings is 1. The van der Waals surface area contributed by atoms with E-state index < -0.39 is 0 Å². The molecule has 6 nitrogen and oxygen atoms in total. The monoisotopic (exact) mass is 490 g/mol. The molecule has 2 aliphatic heterocycles. The molecule has 35 heavy (non-hydrogen) atoms. The summed E-state index contributed by atoms with van der Waals surface area (Å²) in [6, 6.07) is 12.3. The molecule has 1 aliphatic carbocycles. The summed E-state index contributed by atoms with van der Waals surface area (Å²) in [7, 11) is 0. The van der Waals surface area contributed by atoms with Crippen molar-refractivity contribution in [1.29, 1.82) is 0 Å². The zero-order valence-corrected chi connectivity index (χ0v) is 20.8. The zero-order chi connectivity index (χ0) is 23.9. The van der Waals surface area contributed by atoms with Crippen molar-refractivity contribution in [1.82, 2.24) is 15.1 Å². The minimum absolute atomic E-state index is 0.166. The van der Waals surface area contributed by atoms with Gasteiger partial charge in [0.1, 0.15) is 11.5 Å². The smallest absolute Gasteiger partial charge is 0.230 e. The van der Waals surface area contributed by atoms with Crippen LogP contribution in [0.1, 0.15) is 50.6 Å². The first kappa shape index (κ1) is 22.6. The van der Waals surface area contributed by atoms with E-state index >= 15 is 0 Å². The Morgan fingerprint density at radius 1 is 1.09 bits per heavy atom. The first-order chi connectivity index (χ1) is 17.1. The van der Waals surface area contributed by atoms with E-state index in [1.165, 1.54) is 0 Å². The molecule has 0 spiro atoms. The molecule has 2 fully saturated rings. The van der Waals surface area contributed by atoms with Gasteiger partial charge in [-0.1, -0.05) is 23.7 Å². The fourth-order valence-electron chi connectivity index (χ4n) is 5.40. The van der Waals surface area contributed by atoms with Gasteiger partial charge in [0, 0.05) is 34.8 Å². The van der Waals surface area contributed by atoms with Gasteiger partial charge in [-0.2, -0.15) is 5.10 Å². The fourth-order valence-corrected chi connectivity index (χ4v) is 5.57. The van der Waals surface area contributed by atoms with E-state index in [1.807, 2.05) is 35.4 Å². The molecule has 1 saturated carbocycles. The fraction of sp³-hybridized carbons (Fsp3) is 0.429. The molecule has 1 aromatic heterocycles. The van der Waals surface area contributed by atoms with Crippen LogP contribution in [0.3, 0.4) is 0 Å². The summed E-state index contributed by atoms with van der Waals surface area (Å²) < 4.78 is 8.67. The Morgan fingerprint density at radius 2 is 1.89 bits per heavy atom. The predicted molar refractivity (Wildman–Crippen MR) is 138 cm³/mol. The van der Waals surface area contributed by atoms with Crippen LogP contribution in [0.4, 0.5) is 5.69 Å². The van der Waals surface area contributed by atoms with E-state index in [-0.39, 0.29) is 17.9 Å². The molecule has 6 rings (SSSR count). The highest BCUT2D eigenvalue weighted by Gasteiger charge is 2.39.